The Morgan fingerprint density at radius 1 is 1.00 bits per heavy atom. The molecule has 0 atom stereocenters. The number of rotatable bonds is 0. The quantitative estimate of drug-likeness (QED) is 0.385. The van der Waals surface area contributed by atoms with Crippen LogP contribution in [0.15, 0.2) is 6.07 Å². The van der Waals surface area contributed by atoms with Crippen molar-refractivity contribution in [1.82, 2.24) is 0 Å². The molecule has 1 fully saturated rings. The summed E-state index contributed by atoms with van der Waals surface area (Å²) in [4.78, 5) is 0. The van der Waals surface area contributed by atoms with E-state index in [0.717, 1.165) is 0 Å². The van der Waals surface area contributed by atoms with Crippen molar-refractivity contribution in [3.05, 3.63) is 50.1 Å². The van der Waals surface area contributed by atoms with Crippen molar-refractivity contribution in [2.24, 2.45) is 0 Å². The molecule has 0 aromatic heterocycles. The number of sulfone groups is 1. The molecule has 0 spiro atoms. The summed E-state index contributed by atoms with van der Waals surface area (Å²) in [5.41, 5.74) is 0. The average molecular weight is 278 g/mol. The maximum Gasteiger partial charge on any atom is 6.00 e. The molecular weight excluding hydrogens is 272 g/mol. The molecule has 1 aliphatic heterocycles. The van der Waals surface area contributed by atoms with Gasteiger partial charge in [0.2, 0.25) is 0 Å². The average Bonchev–Trinajstić information content (AvgIpc) is 2.80. The molecule has 6 heteroatoms. The molecule has 1 aromatic carbocycles. The van der Waals surface area contributed by atoms with Crippen LogP contribution in [0, 0.1) is 44.0 Å². The van der Waals surface area contributed by atoms with Crippen LogP contribution >= 0.6 is 0 Å². The van der Waals surface area contributed by atoms with E-state index in [4.69, 9.17) is 9.30 Å². The fraction of sp³-hybridized carbons (Fsp3) is 0.200. The SMILES string of the molecule is O=S1(=O)C[CH-]C1.[C-]#[O+].[C-]#[O+].[Fe+6].[c-]1[c-][c-][cH-][c-]1. The molecule has 16 heavy (non-hydrogen) atoms. The Balaban J connectivity index is -0.000000156. The standard InChI is InChI=1S/C5H.C3H5O2S.2CO.Fe/c1-2-4-5-3-1;4-6(5)2-1-3-6;2*1-2;/h1H;1H,2-3H2;;;/q-5;-1;;;+6. The molecule has 0 amide bonds. The smallest absolute Gasteiger partial charge is 0.999 e. The molecular formula is C10H6FeO4S. The molecule has 0 unspecified atom stereocenters. The summed E-state index contributed by atoms with van der Waals surface area (Å²) in [7, 11) is -2.54. The summed E-state index contributed by atoms with van der Waals surface area (Å²) >= 11 is 0. The summed E-state index contributed by atoms with van der Waals surface area (Å²) in [6.45, 7) is 9.00. The topological polar surface area (TPSA) is 73.9 Å². The van der Waals surface area contributed by atoms with Gasteiger partial charge in [0.05, 0.1) is 9.84 Å². The molecule has 4 nitrogen and oxygen atoms in total. The van der Waals surface area contributed by atoms with Crippen molar-refractivity contribution in [2.45, 2.75) is 0 Å². The van der Waals surface area contributed by atoms with Crippen LogP contribution < -0.4 is 0 Å². The van der Waals surface area contributed by atoms with Crippen LogP contribution in [-0.4, -0.2) is 19.9 Å². The Morgan fingerprint density at radius 3 is 1.38 bits per heavy atom. The van der Waals surface area contributed by atoms with Crippen LogP contribution in [0.2, 0.25) is 0 Å². The summed E-state index contributed by atoms with van der Waals surface area (Å²) in [6.07, 6.45) is 1.75. The fourth-order valence-electron chi connectivity index (χ4n) is 0.491. The second-order valence-corrected chi connectivity index (χ2v) is 4.20. The molecule has 0 radical (unpaired) electrons. The monoisotopic (exact) mass is 278 g/mol. The predicted octanol–water partition coefficient (Wildman–Crippen LogP) is 0.148. The first-order valence-electron chi connectivity index (χ1n) is 3.46. The van der Waals surface area contributed by atoms with Crippen molar-refractivity contribution < 1.29 is 34.8 Å². The fourth-order valence-corrected chi connectivity index (χ4v) is 1.11. The van der Waals surface area contributed by atoms with Gasteiger partial charge in [0.15, 0.2) is 0 Å². The van der Waals surface area contributed by atoms with Gasteiger partial charge in [0.1, 0.15) is 0 Å². The number of hydrogen-bond donors (Lipinski definition) is 0. The van der Waals surface area contributed by atoms with Gasteiger partial charge in [-0.05, 0) is 0 Å². The van der Waals surface area contributed by atoms with Gasteiger partial charge in [-0.2, -0.15) is 0 Å². The van der Waals surface area contributed by atoms with E-state index in [9.17, 15) is 8.42 Å². The van der Waals surface area contributed by atoms with E-state index in [2.05, 4.69) is 37.6 Å². The molecule has 84 valence electrons. The van der Waals surface area contributed by atoms with Gasteiger partial charge in [-0.3, -0.25) is 6.42 Å². The van der Waals surface area contributed by atoms with Gasteiger partial charge >= 0.3 is 39.7 Å². The second kappa shape index (κ2) is 14.3. The number of hydrogen-bond acceptors (Lipinski definition) is 2. The van der Waals surface area contributed by atoms with Crippen LogP contribution in [-0.2, 0) is 36.2 Å². The van der Waals surface area contributed by atoms with Crippen molar-refractivity contribution >= 4 is 9.84 Å². The van der Waals surface area contributed by atoms with Gasteiger partial charge in [0, 0.05) is 0 Å². The second-order valence-electron chi connectivity index (χ2n) is 2.05. The third-order valence-corrected chi connectivity index (χ3v) is 2.58. The third kappa shape index (κ3) is 13.3. The minimum absolute atomic E-state index is 0. The predicted molar refractivity (Wildman–Crippen MR) is 48.2 cm³/mol. The maximum absolute atomic E-state index is 10.1. The Labute approximate surface area is 106 Å². The Bertz CT molecular complexity index is 317. The van der Waals surface area contributed by atoms with Crippen LogP contribution in [0.3, 0.4) is 0 Å². The first-order chi connectivity index (χ1) is 7.21. The molecule has 0 saturated carbocycles. The zero-order valence-corrected chi connectivity index (χ0v) is 9.88. The Morgan fingerprint density at radius 2 is 1.31 bits per heavy atom. The summed E-state index contributed by atoms with van der Waals surface area (Å²) in [5.74, 6) is 0.597. The van der Waals surface area contributed by atoms with Gasteiger partial charge in [-0.25, -0.2) is 8.42 Å². The van der Waals surface area contributed by atoms with E-state index >= 15 is 0 Å². The van der Waals surface area contributed by atoms with E-state index in [1.54, 1.807) is 12.5 Å². The van der Waals surface area contributed by atoms with E-state index in [1.165, 1.54) is 0 Å². The van der Waals surface area contributed by atoms with E-state index < -0.39 is 9.84 Å². The van der Waals surface area contributed by atoms with Crippen molar-refractivity contribution in [2.75, 3.05) is 11.5 Å². The summed E-state index contributed by atoms with van der Waals surface area (Å²) in [6, 6.07) is 12.0. The zero-order valence-electron chi connectivity index (χ0n) is 7.96. The van der Waals surface area contributed by atoms with Crippen LogP contribution in [0.25, 0.3) is 0 Å². The minimum atomic E-state index is -2.54. The molecule has 0 bridgehead atoms. The molecule has 0 N–H and O–H groups in total. The molecule has 2 rings (SSSR count). The first-order valence-corrected chi connectivity index (χ1v) is 5.28. The summed E-state index contributed by atoms with van der Waals surface area (Å²) in [5, 5.41) is 0. The molecule has 1 aliphatic rings. The van der Waals surface area contributed by atoms with E-state index in [1.807, 2.05) is 0 Å². The van der Waals surface area contributed by atoms with E-state index in [0.29, 0.717) is 11.5 Å². The van der Waals surface area contributed by atoms with Crippen LogP contribution in [0.4, 0.5) is 0 Å². The van der Waals surface area contributed by atoms with Gasteiger partial charge in [-0.1, -0.05) is 11.5 Å². The largest absolute Gasteiger partial charge is 6.00 e. The van der Waals surface area contributed by atoms with Crippen LogP contribution in [0.5, 0.6) is 0 Å². The molecule has 1 heterocycles. The molecule has 1 aromatic rings. The first kappa shape index (κ1) is 20.7. The normalized spacial score (nSPS) is 13.5. The Kier molecular flexibility index (Phi) is 18.5. The van der Waals surface area contributed by atoms with Gasteiger partial charge < -0.3 is 30.3 Å². The Hall–Kier alpha value is -0.701. The van der Waals surface area contributed by atoms with Crippen molar-refractivity contribution in [1.29, 1.82) is 0 Å². The van der Waals surface area contributed by atoms with Gasteiger partial charge in [-0.15, -0.1) is 0 Å². The van der Waals surface area contributed by atoms with Crippen molar-refractivity contribution in [3.8, 4) is 0 Å². The molecule has 1 saturated heterocycles. The van der Waals surface area contributed by atoms with E-state index in [-0.39, 0.29) is 17.1 Å². The maximum atomic E-state index is 10.1. The summed E-state index contributed by atoms with van der Waals surface area (Å²) < 4.78 is 35.1. The minimum Gasteiger partial charge on any atom is -0.999 e. The van der Waals surface area contributed by atoms with Crippen LogP contribution in [0.1, 0.15) is 0 Å². The molecule has 0 aliphatic carbocycles. The third-order valence-electron chi connectivity index (χ3n) is 1.09. The van der Waals surface area contributed by atoms with Crippen molar-refractivity contribution in [3.63, 3.8) is 0 Å². The zero-order chi connectivity index (χ0) is 12.2. The van der Waals surface area contributed by atoms with Gasteiger partial charge in [0.25, 0.3) is 0 Å².